The molecule has 1 atom stereocenters. The number of aliphatic hydroxyl groups excluding tert-OH is 1. The highest BCUT2D eigenvalue weighted by atomic mass is 16.5. The van der Waals surface area contributed by atoms with E-state index in [9.17, 15) is 9.90 Å². The summed E-state index contributed by atoms with van der Waals surface area (Å²) in [6, 6.07) is 6.22. The maximum Gasteiger partial charge on any atom is 0.337 e. The van der Waals surface area contributed by atoms with Crippen LogP contribution < -0.4 is 4.74 Å². The van der Waals surface area contributed by atoms with Crippen molar-refractivity contribution in [3.63, 3.8) is 0 Å². The van der Waals surface area contributed by atoms with Gasteiger partial charge in [-0.25, -0.2) is 4.79 Å². The fraction of sp³-hybridized carbons (Fsp3) is 0.200. The van der Waals surface area contributed by atoms with E-state index in [0.29, 0.717) is 0 Å². The predicted octanol–water partition coefficient (Wildman–Crippen LogP) is 0.685. The van der Waals surface area contributed by atoms with Gasteiger partial charge in [0.05, 0.1) is 12.7 Å². The summed E-state index contributed by atoms with van der Waals surface area (Å²) in [5, 5.41) is 26.7. The number of carboxylic acids is 1. The van der Waals surface area contributed by atoms with Gasteiger partial charge in [-0.1, -0.05) is 12.1 Å². The monoisotopic (exact) mass is 207 g/mol. The third kappa shape index (κ3) is 2.06. The van der Waals surface area contributed by atoms with Crippen LogP contribution in [0.4, 0.5) is 0 Å². The third-order valence-electron chi connectivity index (χ3n) is 1.90. The molecule has 0 amide bonds. The van der Waals surface area contributed by atoms with Crippen LogP contribution >= 0.6 is 0 Å². The Morgan fingerprint density at radius 3 is 2.73 bits per heavy atom. The molecule has 1 rings (SSSR count). The molecular weight excluding hydrogens is 198 g/mol. The van der Waals surface area contributed by atoms with Crippen LogP contribution in [0.25, 0.3) is 0 Å². The fourth-order valence-corrected chi connectivity index (χ4v) is 1.22. The van der Waals surface area contributed by atoms with Crippen molar-refractivity contribution in [3.8, 4) is 11.8 Å². The molecule has 0 saturated heterocycles. The van der Waals surface area contributed by atoms with E-state index in [2.05, 4.69) is 0 Å². The highest BCUT2D eigenvalue weighted by Crippen LogP contribution is 2.28. The number of hydrogen-bond acceptors (Lipinski definition) is 4. The average Bonchev–Trinajstić information content (AvgIpc) is 2.26. The number of nitrogens with zero attached hydrogens (tertiary/aromatic N) is 1. The number of hydrogen-bond donors (Lipinski definition) is 2. The lowest BCUT2D eigenvalue weighted by Gasteiger charge is -2.11. The lowest BCUT2D eigenvalue weighted by Crippen LogP contribution is -2.12. The number of nitriles is 1. The second-order valence-corrected chi connectivity index (χ2v) is 2.78. The Labute approximate surface area is 86.1 Å². The molecule has 0 fully saturated rings. The smallest absolute Gasteiger partial charge is 0.337 e. The van der Waals surface area contributed by atoms with E-state index in [4.69, 9.17) is 15.1 Å². The van der Waals surface area contributed by atoms with E-state index in [1.165, 1.54) is 25.3 Å². The van der Waals surface area contributed by atoms with Crippen LogP contribution in [0.1, 0.15) is 17.2 Å². The van der Waals surface area contributed by atoms with Crippen molar-refractivity contribution in [2.45, 2.75) is 6.10 Å². The van der Waals surface area contributed by atoms with Crippen LogP contribution in [0.5, 0.6) is 5.75 Å². The first-order valence-electron chi connectivity index (χ1n) is 4.09. The Bertz CT molecular complexity index is 422. The molecule has 2 N–H and O–H groups in total. The molecule has 1 aromatic carbocycles. The molecule has 5 heteroatoms. The predicted molar refractivity (Wildman–Crippen MR) is 50.3 cm³/mol. The number of benzene rings is 1. The van der Waals surface area contributed by atoms with Gasteiger partial charge in [0.25, 0.3) is 0 Å². The fourth-order valence-electron chi connectivity index (χ4n) is 1.22. The summed E-state index contributed by atoms with van der Waals surface area (Å²) >= 11 is 0. The van der Waals surface area contributed by atoms with Crippen molar-refractivity contribution in [1.82, 2.24) is 0 Å². The van der Waals surface area contributed by atoms with E-state index in [1.807, 2.05) is 6.07 Å². The van der Waals surface area contributed by atoms with Crippen molar-refractivity contribution >= 4 is 5.97 Å². The molecule has 78 valence electrons. The molecule has 5 nitrogen and oxygen atoms in total. The van der Waals surface area contributed by atoms with E-state index >= 15 is 0 Å². The summed E-state index contributed by atoms with van der Waals surface area (Å²) in [5.41, 5.74) is 0.263. The Hall–Kier alpha value is -2.06. The van der Waals surface area contributed by atoms with Crippen molar-refractivity contribution in [2.24, 2.45) is 0 Å². The van der Waals surface area contributed by atoms with Crippen LogP contribution in [-0.4, -0.2) is 23.3 Å². The first kappa shape index (κ1) is 11.0. The molecule has 0 spiro atoms. The van der Waals surface area contributed by atoms with Crippen molar-refractivity contribution in [1.29, 1.82) is 5.26 Å². The summed E-state index contributed by atoms with van der Waals surface area (Å²) in [5.74, 6) is -1.29. The van der Waals surface area contributed by atoms with Crippen LogP contribution in [0.2, 0.25) is 0 Å². The average molecular weight is 207 g/mol. The van der Waals surface area contributed by atoms with Crippen LogP contribution in [-0.2, 0) is 4.79 Å². The third-order valence-corrected chi connectivity index (χ3v) is 1.90. The van der Waals surface area contributed by atoms with Gasteiger partial charge in [0.1, 0.15) is 11.8 Å². The minimum atomic E-state index is -1.69. The van der Waals surface area contributed by atoms with E-state index in [-0.39, 0.29) is 16.9 Å². The van der Waals surface area contributed by atoms with Gasteiger partial charge < -0.3 is 14.9 Å². The van der Waals surface area contributed by atoms with Crippen LogP contribution in [0, 0.1) is 11.3 Å². The molecule has 1 unspecified atom stereocenters. The van der Waals surface area contributed by atoms with Crippen LogP contribution in [0.3, 0.4) is 0 Å². The zero-order valence-corrected chi connectivity index (χ0v) is 7.97. The minimum Gasteiger partial charge on any atom is -0.495 e. The molecule has 1 aromatic rings. The first-order chi connectivity index (χ1) is 7.11. The minimum absolute atomic E-state index is 0.0732. The summed E-state index contributed by atoms with van der Waals surface area (Å²) in [7, 11) is 1.31. The maximum absolute atomic E-state index is 10.6. The molecule has 0 saturated carbocycles. The van der Waals surface area contributed by atoms with E-state index in [1.54, 1.807) is 0 Å². The molecule has 15 heavy (non-hydrogen) atoms. The lowest BCUT2D eigenvalue weighted by molar-refractivity contribution is -0.147. The Morgan fingerprint density at radius 2 is 2.27 bits per heavy atom. The maximum atomic E-state index is 10.6. The molecule has 0 aliphatic carbocycles. The number of ether oxygens (including phenoxy) is 1. The van der Waals surface area contributed by atoms with Crippen molar-refractivity contribution in [3.05, 3.63) is 29.3 Å². The lowest BCUT2D eigenvalue weighted by atomic mass is 10.0. The number of para-hydroxylation sites is 1. The highest BCUT2D eigenvalue weighted by Gasteiger charge is 2.21. The molecule has 0 aliphatic rings. The number of aliphatic carboxylic acids is 1. The number of carboxylic acid groups (broad SMARTS) is 1. The van der Waals surface area contributed by atoms with Gasteiger partial charge in [-0.15, -0.1) is 0 Å². The van der Waals surface area contributed by atoms with Gasteiger partial charge in [0, 0.05) is 5.56 Å². The van der Waals surface area contributed by atoms with Gasteiger partial charge in [-0.2, -0.15) is 5.26 Å². The van der Waals surface area contributed by atoms with E-state index in [0.717, 1.165) is 0 Å². The van der Waals surface area contributed by atoms with Crippen molar-refractivity contribution < 1.29 is 19.7 Å². The normalized spacial score (nSPS) is 11.5. The topological polar surface area (TPSA) is 90.5 Å². The van der Waals surface area contributed by atoms with Crippen LogP contribution in [0.15, 0.2) is 18.2 Å². The quantitative estimate of drug-likeness (QED) is 0.760. The second-order valence-electron chi connectivity index (χ2n) is 2.78. The molecule has 0 radical (unpaired) electrons. The molecule has 0 bridgehead atoms. The standard InChI is InChI=1S/C10H9NO4/c1-15-9-6(5-11)3-2-4-7(9)8(12)10(13)14/h2-4,8,12H,1H3,(H,13,14). The Kier molecular flexibility index (Phi) is 3.26. The second kappa shape index (κ2) is 4.44. The SMILES string of the molecule is COc1c(C#N)cccc1C(O)C(=O)O. The zero-order valence-electron chi connectivity index (χ0n) is 7.97. The Balaban J connectivity index is 3.30. The highest BCUT2D eigenvalue weighted by molar-refractivity contribution is 5.75. The largest absolute Gasteiger partial charge is 0.495 e. The molecule has 0 aliphatic heterocycles. The number of methoxy groups -OCH3 is 1. The number of rotatable bonds is 3. The molecule has 0 heterocycles. The van der Waals surface area contributed by atoms with Gasteiger partial charge in [0.2, 0.25) is 0 Å². The van der Waals surface area contributed by atoms with Gasteiger partial charge >= 0.3 is 5.97 Å². The van der Waals surface area contributed by atoms with Gasteiger partial charge in [-0.3, -0.25) is 0 Å². The zero-order chi connectivity index (χ0) is 11.4. The summed E-state index contributed by atoms with van der Waals surface area (Å²) in [6.07, 6.45) is -1.69. The molecular formula is C10H9NO4. The number of aliphatic hydroxyl groups is 1. The van der Waals surface area contributed by atoms with Gasteiger partial charge in [-0.05, 0) is 6.07 Å². The summed E-state index contributed by atoms with van der Waals surface area (Å²) in [6.45, 7) is 0. The number of carbonyl (C=O) groups is 1. The first-order valence-corrected chi connectivity index (χ1v) is 4.09. The van der Waals surface area contributed by atoms with Gasteiger partial charge in [0.15, 0.2) is 6.10 Å². The summed E-state index contributed by atoms with van der Waals surface area (Å²) in [4.78, 5) is 10.6. The Morgan fingerprint density at radius 1 is 1.60 bits per heavy atom. The molecule has 0 aromatic heterocycles. The van der Waals surface area contributed by atoms with E-state index < -0.39 is 12.1 Å². The summed E-state index contributed by atoms with van der Waals surface area (Å²) < 4.78 is 4.89. The van der Waals surface area contributed by atoms with Crippen molar-refractivity contribution in [2.75, 3.05) is 7.11 Å².